The van der Waals surface area contributed by atoms with Crippen molar-refractivity contribution in [2.24, 2.45) is 0 Å². The highest BCUT2D eigenvalue weighted by Gasteiger charge is 2.07. The van der Waals surface area contributed by atoms with Crippen LogP contribution in [0.4, 0.5) is 0 Å². The molecule has 1 heterocycles. The van der Waals surface area contributed by atoms with Gasteiger partial charge in [0.05, 0.1) is 12.8 Å². The van der Waals surface area contributed by atoms with Gasteiger partial charge in [-0.1, -0.05) is 18.5 Å². The lowest BCUT2D eigenvalue weighted by molar-refractivity contribution is 0.317. The highest BCUT2D eigenvalue weighted by Crippen LogP contribution is 2.28. The summed E-state index contributed by atoms with van der Waals surface area (Å²) in [4.78, 5) is 7.66. The monoisotopic (exact) mass is 298 g/mol. The maximum Gasteiger partial charge on any atom is 0.242 e. The van der Waals surface area contributed by atoms with E-state index in [-0.39, 0.29) is 11.2 Å². The summed E-state index contributed by atoms with van der Waals surface area (Å²) in [6.45, 7) is 2.74. The summed E-state index contributed by atoms with van der Waals surface area (Å²) in [5.41, 5.74) is 0. The van der Waals surface area contributed by atoms with Crippen molar-refractivity contribution in [2.75, 3.05) is 6.61 Å². The van der Waals surface area contributed by atoms with E-state index in [1.165, 1.54) is 6.20 Å². The van der Waals surface area contributed by atoms with Crippen LogP contribution in [0.1, 0.15) is 13.3 Å². The third-order valence-corrected chi connectivity index (χ3v) is 2.64. The van der Waals surface area contributed by atoms with Crippen LogP contribution in [0.15, 0.2) is 30.5 Å². The second-order valence-electron chi connectivity index (χ2n) is 3.71. The van der Waals surface area contributed by atoms with Gasteiger partial charge in [-0.25, -0.2) is 4.98 Å². The minimum atomic E-state index is 0.0855. The molecule has 0 aliphatic carbocycles. The van der Waals surface area contributed by atoms with E-state index in [2.05, 4.69) is 16.9 Å². The zero-order valence-electron chi connectivity index (χ0n) is 10.3. The van der Waals surface area contributed by atoms with Crippen molar-refractivity contribution in [3.05, 3.63) is 40.8 Å². The lowest BCUT2D eigenvalue weighted by Crippen LogP contribution is -1.95. The molecule has 19 heavy (non-hydrogen) atoms. The molecule has 0 aliphatic rings. The van der Waals surface area contributed by atoms with E-state index in [9.17, 15) is 0 Å². The predicted molar refractivity (Wildman–Crippen MR) is 74.4 cm³/mol. The average molecular weight is 299 g/mol. The van der Waals surface area contributed by atoms with Gasteiger partial charge in [0.2, 0.25) is 11.2 Å². The summed E-state index contributed by atoms with van der Waals surface area (Å²) < 4.78 is 11.0. The van der Waals surface area contributed by atoms with E-state index < -0.39 is 0 Å². The Morgan fingerprint density at radius 1 is 1.11 bits per heavy atom. The molecule has 0 bridgehead atoms. The van der Waals surface area contributed by atoms with E-state index in [1.54, 1.807) is 12.1 Å². The second kappa shape index (κ2) is 6.59. The second-order valence-corrected chi connectivity index (χ2v) is 4.46. The number of halogens is 2. The van der Waals surface area contributed by atoms with Gasteiger partial charge in [-0.05, 0) is 42.3 Å². The number of ether oxygens (including phenoxy) is 2. The quantitative estimate of drug-likeness (QED) is 0.769. The molecule has 0 radical (unpaired) electrons. The lowest BCUT2D eigenvalue weighted by atomic mass is 10.3. The van der Waals surface area contributed by atoms with Crippen LogP contribution in [0.2, 0.25) is 10.3 Å². The van der Waals surface area contributed by atoms with Crippen molar-refractivity contribution >= 4 is 23.2 Å². The number of rotatable bonds is 5. The van der Waals surface area contributed by atoms with Crippen molar-refractivity contribution in [2.45, 2.75) is 13.3 Å². The molecule has 1 aromatic heterocycles. The smallest absolute Gasteiger partial charge is 0.242 e. The van der Waals surface area contributed by atoms with Crippen LogP contribution >= 0.6 is 23.2 Å². The normalized spacial score (nSPS) is 10.3. The van der Waals surface area contributed by atoms with Crippen molar-refractivity contribution < 1.29 is 9.47 Å². The number of aromatic nitrogens is 2. The fourth-order valence-electron chi connectivity index (χ4n) is 1.34. The molecule has 6 heteroatoms. The molecule has 0 saturated carbocycles. The van der Waals surface area contributed by atoms with E-state index in [0.29, 0.717) is 17.4 Å². The molecule has 2 rings (SSSR count). The summed E-state index contributed by atoms with van der Waals surface area (Å²) in [6, 6.07) is 7.19. The molecule has 1 aromatic carbocycles. The average Bonchev–Trinajstić information content (AvgIpc) is 2.42. The van der Waals surface area contributed by atoms with Crippen LogP contribution in [0.25, 0.3) is 0 Å². The maximum absolute atomic E-state index is 5.91. The van der Waals surface area contributed by atoms with Crippen LogP contribution in [0.5, 0.6) is 17.4 Å². The van der Waals surface area contributed by atoms with Gasteiger partial charge >= 0.3 is 0 Å². The fraction of sp³-hybridized carbons (Fsp3) is 0.231. The highest BCUT2D eigenvalue weighted by molar-refractivity contribution is 6.32. The highest BCUT2D eigenvalue weighted by atomic mass is 35.5. The number of benzene rings is 1. The van der Waals surface area contributed by atoms with Gasteiger partial charge in [-0.3, -0.25) is 0 Å². The molecule has 0 atom stereocenters. The van der Waals surface area contributed by atoms with E-state index in [4.69, 9.17) is 32.7 Å². The van der Waals surface area contributed by atoms with Crippen molar-refractivity contribution in [1.82, 2.24) is 9.97 Å². The van der Waals surface area contributed by atoms with Gasteiger partial charge in [0, 0.05) is 0 Å². The Labute approximate surface area is 121 Å². The van der Waals surface area contributed by atoms with Gasteiger partial charge in [0.15, 0.2) is 0 Å². The molecule has 0 fully saturated rings. The zero-order valence-corrected chi connectivity index (χ0v) is 11.8. The Hall–Kier alpha value is -1.52. The molecule has 0 unspecified atom stereocenters. The molecule has 0 aliphatic heterocycles. The van der Waals surface area contributed by atoms with Crippen LogP contribution in [0.3, 0.4) is 0 Å². The summed E-state index contributed by atoms with van der Waals surface area (Å²) >= 11 is 11.6. The van der Waals surface area contributed by atoms with Gasteiger partial charge in [0.25, 0.3) is 0 Å². The first kappa shape index (κ1) is 13.9. The SMILES string of the molecule is CCCOc1ccc(Oc2nc(Cl)ncc2Cl)cc1. The number of nitrogens with zero attached hydrogens (tertiary/aromatic N) is 2. The molecule has 0 spiro atoms. The largest absolute Gasteiger partial charge is 0.494 e. The first-order chi connectivity index (χ1) is 9.19. The molecule has 2 aromatic rings. The molecule has 100 valence electrons. The van der Waals surface area contributed by atoms with E-state index >= 15 is 0 Å². The summed E-state index contributed by atoms with van der Waals surface area (Å²) in [7, 11) is 0. The summed E-state index contributed by atoms with van der Waals surface area (Å²) in [6.07, 6.45) is 2.36. The standard InChI is InChI=1S/C13H12Cl2N2O2/c1-2-7-18-9-3-5-10(6-4-9)19-12-11(14)8-16-13(15)17-12/h3-6,8H,2,7H2,1H3. The molecule has 0 N–H and O–H groups in total. The Bertz CT molecular complexity index is 547. The van der Waals surface area contributed by atoms with Crippen molar-refractivity contribution in [3.8, 4) is 17.4 Å². The first-order valence-electron chi connectivity index (χ1n) is 5.78. The maximum atomic E-state index is 5.91. The Kier molecular flexibility index (Phi) is 4.82. The van der Waals surface area contributed by atoms with Gasteiger partial charge in [-0.15, -0.1) is 0 Å². The molecule has 4 nitrogen and oxygen atoms in total. The molecular formula is C13H12Cl2N2O2. The van der Waals surface area contributed by atoms with Gasteiger partial charge in [0.1, 0.15) is 16.5 Å². The minimum Gasteiger partial charge on any atom is -0.494 e. The fourth-order valence-corrected chi connectivity index (χ4v) is 1.59. The van der Waals surface area contributed by atoms with Gasteiger partial charge in [-0.2, -0.15) is 4.98 Å². The Balaban J connectivity index is 2.08. The zero-order chi connectivity index (χ0) is 13.7. The predicted octanol–water partition coefficient (Wildman–Crippen LogP) is 4.36. The summed E-state index contributed by atoms with van der Waals surface area (Å²) in [5, 5.41) is 0.387. The van der Waals surface area contributed by atoms with Gasteiger partial charge < -0.3 is 9.47 Å². The van der Waals surface area contributed by atoms with Crippen molar-refractivity contribution in [1.29, 1.82) is 0 Å². The van der Waals surface area contributed by atoms with Crippen LogP contribution in [-0.4, -0.2) is 16.6 Å². The Morgan fingerprint density at radius 3 is 2.47 bits per heavy atom. The van der Waals surface area contributed by atoms with Crippen LogP contribution in [-0.2, 0) is 0 Å². The molecule has 0 saturated heterocycles. The number of hydrogen-bond donors (Lipinski definition) is 0. The third kappa shape index (κ3) is 3.98. The number of hydrogen-bond acceptors (Lipinski definition) is 4. The van der Waals surface area contributed by atoms with E-state index in [1.807, 2.05) is 12.1 Å². The van der Waals surface area contributed by atoms with Crippen molar-refractivity contribution in [3.63, 3.8) is 0 Å². The third-order valence-electron chi connectivity index (χ3n) is 2.19. The molecular weight excluding hydrogens is 287 g/mol. The van der Waals surface area contributed by atoms with Crippen LogP contribution in [0, 0.1) is 0 Å². The molecule has 0 amide bonds. The minimum absolute atomic E-state index is 0.0855. The first-order valence-corrected chi connectivity index (χ1v) is 6.53. The lowest BCUT2D eigenvalue weighted by Gasteiger charge is -2.08. The van der Waals surface area contributed by atoms with Crippen LogP contribution < -0.4 is 9.47 Å². The summed E-state index contributed by atoms with van der Waals surface area (Å²) in [5.74, 6) is 1.62. The van der Waals surface area contributed by atoms with E-state index in [0.717, 1.165) is 12.2 Å². The Morgan fingerprint density at radius 2 is 1.79 bits per heavy atom. The topological polar surface area (TPSA) is 44.2 Å².